The van der Waals surface area contributed by atoms with Crippen molar-refractivity contribution >= 4 is 0 Å². The van der Waals surface area contributed by atoms with Crippen LogP contribution in [0.5, 0.6) is 0 Å². The molecule has 3 fully saturated rings. The summed E-state index contributed by atoms with van der Waals surface area (Å²) in [5.41, 5.74) is 0. The van der Waals surface area contributed by atoms with Gasteiger partial charge >= 0.3 is 0 Å². The first-order valence-corrected chi connectivity index (χ1v) is 7.98. The van der Waals surface area contributed by atoms with E-state index in [1.54, 1.807) is 0 Å². The molecular formula is C15H24N4O. The highest BCUT2D eigenvalue weighted by Gasteiger charge is 2.41. The number of fused-ring (bicyclic) bond motifs is 2. The van der Waals surface area contributed by atoms with Gasteiger partial charge in [0.15, 0.2) is 5.82 Å². The summed E-state index contributed by atoms with van der Waals surface area (Å²) in [4.78, 5) is 7.31. The summed E-state index contributed by atoms with van der Waals surface area (Å²) >= 11 is 0. The Morgan fingerprint density at radius 2 is 1.95 bits per heavy atom. The highest BCUT2D eigenvalue weighted by Crippen LogP contribution is 2.41. The molecule has 20 heavy (non-hydrogen) atoms. The molecule has 110 valence electrons. The largest absolute Gasteiger partial charge is 0.339 e. The van der Waals surface area contributed by atoms with Crippen LogP contribution in [0.4, 0.5) is 0 Å². The van der Waals surface area contributed by atoms with Gasteiger partial charge in [0.1, 0.15) is 0 Å². The van der Waals surface area contributed by atoms with Crippen LogP contribution in [0.3, 0.4) is 0 Å². The monoisotopic (exact) mass is 276 g/mol. The molecule has 3 saturated heterocycles. The fourth-order valence-corrected chi connectivity index (χ4v) is 4.33. The first kappa shape index (κ1) is 12.8. The van der Waals surface area contributed by atoms with E-state index in [-0.39, 0.29) is 0 Å². The highest BCUT2D eigenvalue weighted by molar-refractivity contribution is 5.08. The summed E-state index contributed by atoms with van der Waals surface area (Å²) in [6.07, 6.45) is 5.08. The molecule has 2 bridgehead atoms. The van der Waals surface area contributed by atoms with Crippen molar-refractivity contribution in [3.63, 3.8) is 0 Å². The lowest BCUT2D eigenvalue weighted by Crippen LogP contribution is -2.39. The third-order valence-corrected chi connectivity index (χ3v) is 5.76. The van der Waals surface area contributed by atoms with Gasteiger partial charge in [0.05, 0.1) is 5.92 Å². The number of hydrogen-bond acceptors (Lipinski definition) is 5. The zero-order chi connectivity index (χ0) is 13.7. The second-order valence-electron chi connectivity index (χ2n) is 6.95. The maximum absolute atomic E-state index is 5.58. The molecule has 4 heterocycles. The van der Waals surface area contributed by atoms with Gasteiger partial charge < -0.3 is 14.7 Å². The average Bonchev–Trinajstić information content (AvgIpc) is 3.10. The van der Waals surface area contributed by atoms with Gasteiger partial charge in [0, 0.05) is 24.5 Å². The van der Waals surface area contributed by atoms with E-state index in [0.717, 1.165) is 36.9 Å². The van der Waals surface area contributed by atoms with Crippen LogP contribution in [0, 0.1) is 5.92 Å². The summed E-state index contributed by atoms with van der Waals surface area (Å²) in [6.45, 7) is 4.28. The lowest BCUT2D eigenvalue weighted by atomic mass is 9.90. The Balaban J connectivity index is 1.51. The number of piperidine rings is 1. The molecular weight excluding hydrogens is 252 g/mol. The Bertz CT molecular complexity index is 474. The molecule has 0 aliphatic carbocycles. The number of aromatic nitrogens is 2. The van der Waals surface area contributed by atoms with Crippen LogP contribution < -0.4 is 5.32 Å². The van der Waals surface area contributed by atoms with Crippen molar-refractivity contribution in [1.82, 2.24) is 20.4 Å². The van der Waals surface area contributed by atoms with E-state index in [4.69, 9.17) is 9.51 Å². The van der Waals surface area contributed by atoms with Crippen LogP contribution in [0.2, 0.25) is 0 Å². The van der Waals surface area contributed by atoms with E-state index >= 15 is 0 Å². The molecule has 4 atom stereocenters. The molecule has 1 N–H and O–H groups in total. The standard InChI is InChI=1S/C15H24N4O/c1-9-7-16-8-13(9)15-17-14(18-20-15)10-5-11-3-4-12(6-10)19(11)2/h9-13,16H,3-8H2,1-2H3/t9-,10?,11?,12?,13-/m1/s1. The van der Waals surface area contributed by atoms with Crippen molar-refractivity contribution in [2.24, 2.45) is 5.92 Å². The molecule has 2 unspecified atom stereocenters. The summed E-state index contributed by atoms with van der Waals surface area (Å²) in [6, 6.07) is 1.46. The van der Waals surface area contributed by atoms with Gasteiger partial charge in [-0.3, -0.25) is 0 Å². The maximum Gasteiger partial charge on any atom is 0.231 e. The number of nitrogens with zero attached hydrogens (tertiary/aromatic N) is 3. The van der Waals surface area contributed by atoms with Crippen molar-refractivity contribution in [2.75, 3.05) is 20.1 Å². The SMILES string of the molecule is C[C@@H]1CNC[C@H]1c1nc(C2CC3CCC(C2)N3C)no1. The molecule has 1 aromatic heterocycles. The lowest BCUT2D eigenvalue weighted by molar-refractivity contribution is 0.157. The Morgan fingerprint density at radius 3 is 2.60 bits per heavy atom. The quantitative estimate of drug-likeness (QED) is 0.891. The second-order valence-corrected chi connectivity index (χ2v) is 6.95. The number of hydrogen-bond donors (Lipinski definition) is 1. The third-order valence-electron chi connectivity index (χ3n) is 5.76. The van der Waals surface area contributed by atoms with E-state index in [1.807, 2.05) is 0 Å². The molecule has 3 aliphatic heterocycles. The van der Waals surface area contributed by atoms with Crippen LogP contribution in [-0.4, -0.2) is 47.3 Å². The summed E-state index contributed by atoms with van der Waals surface area (Å²) in [7, 11) is 2.27. The van der Waals surface area contributed by atoms with Crippen molar-refractivity contribution in [1.29, 1.82) is 0 Å². The zero-order valence-electron chi connectivity index (χ0n) is 12.4. The highest BCUT2D eigenvalue weighted by atomic mass is 16.5. The average molecular weight is 276 g/mol. The topological polar surface area (TPSA) is 54.2 Å². The predicted molar refractivity (Wildman–Crippen MR) is 75.6 cm³/mol. The lowest BCUT2D eigenvalue weighted by Gasteiger charge is -2.34. The minimum atomic E-state index is 0.402. The van der Waals surface area contributed by atoms with Crippen LogP contribution in [0.25, 0.3) is 0 Å². The number of rotatable bonds is 2. The van der Waals surface area contributed by atoms with E-state index in [0.29, 0.717) is 17.8 Å². The summed E-state index contributed by atoms with van der Waals surface area (Å²) < 4.78 is 5.58. The number of nitrogens with one attached hydrogen (secondary N) is 1. The van der Waals surface area contributed by atoms with Crippen molar-refractivity contribution in [3.05, 3.63) is 11.7 Å². The van der Waals surface area contributed by atoms with Gasteiger partial charge in [-0.25, -0.2) is 0 Å². The maximum atomic E-state index is 5.58. The Hall–Kier alpha value is -0.940. The van der Waals surface area contributed by atoms with Gasteiger partial charge in [-0.15, -0.1) is 0 Å². The van der Waals surface area contributed by atoms with Crippen LogP contribution in [-0.2, 0) is 0 Å². The molecule has 0 amide bonds. The molecule has 0 saturated carbocycles. The Labute approximate surface area is 120 Å². The van der Waals surface area contributed by atoms with Crippen LogP contribution in [0.1, 0.15) is 56.2 Å². The molecule has 4 rings (SSSR count). The molecule has 0 spiro atoms. The van der Waals surface area contributed by atoms with Crippen molar-refractivity contribution in [2.45, 2.75) is 56.5 Å². The van der Waals surface area contributed by atoms with E-state index in [2.05, 4.69) is 29.3 Å². The van der Waals surface area contributed by atoms with Gasteiger partial charge in [0.25, 0.3) is 0 Å². The predicted octanol–water partition coefficient (Wildman–Crippen LogP) is 1.73. The summed E-state index contributed by atoms with van der Waals surface area (Å²) in [5.74, 6) is 3.31. The van der Waals surface area contributed by atoms with E-state index in [9.17, 15) is 0 Å². The van der Waals surface area contributed by atoms with Gasteiger partial charge in [-0.05, 0) is 45.2 Å². The second kappa shape index (κ2) is 4.81. The fourth-order valence-electron chi connectivity index (χ4n) is 4.33. The summed E-state index contributed by atoms with van der Waals surface area (Å²) in [5, 5.41) is 7.71. The first-order valence-electron chi connectivity index (χ1n) is 7.98. The van der Waals surface area contributed by atoms with Gasteiger partial charge in [0.2, 0.25) is 5.89 Å². The molecule has 5 heteroatoms. The molecule has 0 radical (unpaired) electrons. The van der Waals surface area contributed by atoms with E-state index in [1.165, 1.54) is 25.7 Å². The van der Waals surface area contributed by atoms with Crippen molar-refractivity contribution < 1.29 is 4.52 Å². The molecule has 0 aromatic carbocycles. The van der Waals surface area contributed by atoms with Crippen LogP contribution >= 0.6 is 0 Å². The van der Waals surface area contributed by atoms with Gasteiger partial charge in [-0.1, -0.05) is 12.1 Å². The molecule has 1 aromatic rings. The minimum absolute atomic E-state index is 0.402. The molecule has 5 nitrogen and oxygen atoms in total. The minimum Gasteiger partial charge on any atom is -0.339 e. The zero-order valence-corrected chi connectivity index (χ0v) is 12.4. The normalized spacial score (nSPS) is 41.4. The molecule has 3 aliphatic rings. The Morgan fingerprint density at radius 1 is 1.20 bits per heavy atom. The first-order chi connectivity index (χ1) is 9.72. The van der Waals surface area contributed by atoms with Crippen LogP contribution in [0.15, 0.2) is 4.52 Å². The van der Waals surface area contributed by atoms with Crippen molar-refractivity contribution in [3.8, 4) is 0 Å². The smallest absolute Gasteiger partial charge is 0.231 e. The van der Waals surface area contributed by atoms with Gasteiger partial charge in [-0.2, -0.15) is 4.98 Å². The fraction of sp³-hybridized carbons (Fsp3) is 0.867. The van der Waals surface area contributed by atoms with E-state index < -0.39 is 0 Å². The third kappa shape index (κ3) is 1.99. The Kier molecular flexibility index (Phi) is 3.07.